The third kappa shape index (κ3) is 4.97. The van der Waals surface area contributed by atoms with Crippen molar-refractivity contribution in [1.29, 1.82) is 0 Å². The van der Waals surface area contributed by atoms with E-state index in [9.17, 15) is 14.4 Å². The van der Waals surface area contributed by atoms with Crippen molar-refractivity contribution in [2.24, 2.45) is 0 Å². The van der Waals surface area contributed by atoms with Gasteiger partial charge in [0.25, 0.3) is 0 Å². The lowest BCUT2D eigenvalue weighted by Crippen LogP contribution is -2.29. The van der Waals surface area contributed by atoms with E-state index in [1.807, 2.05) is 0 Å². The van der Waals surface area contributed by atoms with Crippen LogP contribution in [0.5, 0.6) is 0 Å². The highest BCUT2D eigenvalue weighted by Gasteiger charge is 2.27. The molecule has 1 aliphatic rings. The summed E-state index contributed by atoms with van der Waals surface area (Å²) in [5.41, 5.74) is 12.5. The molecule has 0 unspecified atom stereocenters. The first-order valence-corrected chi connectivity index (χ1v) is 8.14. The molecule has 1 fully saturated rings. The quantitative estimate of drug-likeness (QED) is 0.324. The van der Waals surface area contributed by atoms with Gasteiger partial charge in [-0.1, -0.05) is 6.42 Å². The van der Waals surface area contributed by atoms with Crippen LogP contribution in [-0.4, -0.2) is 35.8 Å². The molecule has 2 amide bonds. The molecule has 1 saturated heterocycles. The number of carbonyl (C=O) groups excluding carboxylic acids is 3. The van der Waals surface area contributed by atoms with Crippen LogP contribution in [0, 0.1) is 0 Å². The molecule has 0 aliphatic carbocycles. The monoisotopic (exact) mass is 333 g/mol. The number of ether oxygens (including phenoxy) is 1. The summed E-state index contributed by atoms with van der Waals surface area (Å²) in [5.74, 6) is -0.590. The van der Waals surface area contributed by atoms with Gasteiger partial charge in [0.15, 0.2) is 0 Å². The molecule has 7 nitrogen and oxygen atoms in total. The lowest BCUT2D eigenvalue weighted by Gasteiger charge is -2.13. The lowest BCUT2D eigenvalue weighted by atomic mass is 10.1. The van der Waals surface area contributed by atoms with Gasteiger partial charge in [0.05, 0.1) is 12.2 Å². The Bertz CT molecular complexity index is 594. The summed E-state index contributed by atoms with van der Waals surface area (Å²) in [6.45, 7) is 0.801. The van der Waals surface area contributed by atoms with Crippen molar-refractivity contribution in [2.45, 2.75) is 38.5 Å². The molecule has 0 radical (unpaired) electrons. The predicted octanol–water partition coefficient (Wildman–Crippen LogP) is 1.72. The number of imide groups is 1. The van der Waals surface area contributed by atoms with E-state index in [1.165, 1.54) is 17.0 Å². The van der Waals surface area contributed by atoms with Gasteiger partial charge in [-0.2, -0.15) is 0 Å². The molecular weight excluding hydrogens is 310 g/mol. The van der Waals surface area contributed by atoms with Gasteiger partial charge in [-0.3, -0.25) is 14.5 Å². The average molecular weight is 333 g/mol. The van der Waals surface area contributed by atoms with Crippen LogP contribution in [0.4, 0.5) is 11.4 Å². The van der Waals surface area contributed by atoms with Gasteiger partial charge in [0.2, 0.25) is 11.8 Å². The van der Waals surface area contributed by atoms with Gasteiger partial charge in [-0.15, -0.1) is 0 Å². The fourth-order valence-corrected chi connectivity index (χ4v) is 2.64. The van der Waals surface area contributed by atoms with Crippen LogP contribution in [0.25, 0.3) is 0 Å². The second kappa shape index (κ2) is 8.33. The Morgan fingerprint density at radius 3 is 2.17 bits per heavy atom. The smallest absolute Gasteiger partial charge is 0.338 e. The molecule has 1 heterocycles. The van der Waals surface area contributed by atoms with E-state index in [1.54, 1.807) is 6.07 Å². The molecule has 1 aliphatic heterocycles. The van der Waals surface area contributed by atoms with Gasteiger partial charge in [-0.05, 0) is 37.5 Å². The molecule has 1 aromatic rings. The Labute approximate surface area is 140 Å². The van der Waals surface area contributed by atoms with Crippen molar-refractivity contribution in [2.75, 3.05) is 24.6 Å². The Kier molecular flexibility index (Phi) is 6.17. The third-order valence-corrected chi connectivity index (χ3v) is 3.88. The summed E-state index contributed by atoms with van der Waals surface area (Å²) in [5, 5.41) is 0. The number of esters is 1. The second-order valence-corrected chi connectivity index (χ2v) is 5.88. The van der Waals surface area contributed by atoms with E-state index in [2.05, 4.69) is 0 Å². The fraction of sp³-hybridized carbons (Fsp3) is 0.471. The minimum Gasteiger partial charge on any atom is -0.462 e. The zero-order chi connectivity index (χ0) is 17.5. The van der Waals surface area contributed by atoms with E-state index >= 15 is 0 Å². The number of nitrogens with two attached hydrogens (primary N) is 2. The number of amides is 2. The maximum atomic E-state index is 11.9. The maximum absolute atomic E-state index is 11.9. The summed E-state index contributed by atoms with van der Waals surface area (Å²) in [7, 11) is 0. The molecule has 0 spiro atoms. The van der Waals surface area contributed by atoms with Crippen molar-refractivity contribution >= 4 is 29.2 Å². The standard InChI is InChI=1S/C17H23N3O4/c18-13-9-12(10-14(19)11-13)17(23)24-8-4-2-1-3-7-20-15(21)5-6-16(20)22/h9-11H,1-8,18-19H2. The van der Waals surface area contributed by atoms with Crippen LogP contribution in [-0.2, 0) is 14.3 Å². The number of benzene rings is 1. The summed E-state index contributed by atoms with van der Waals surface area (Å²) < 4.78 is 5.18. The van der Waals surface area contributed by atoms with Gasteiger partial charge >= 0.3 is 5.97 Å². The number of hydrogen-bond donors (Lipinski definition) is 2. The van der Waals surface area contributed by atoms with Crippen molar-refractivity contribution in [3.8, 4) is 0 Å². The number of hydrogen-bond acceptors (Lipinski definition) is 6. The highest BCUT2D eigenvalue weighted by Crippen LogP contribution is 2.15. The zero-order valence-corrected chi connectivity index (χ0v) is 13.6. The van der Waals surface area contributed by atoms with Gasteiger partial charge < -0.3 is 16.2 Å². The highest BCUT2D eigenvalue weighted by molar-refractivity contribution is 6.01. The van der Waals surface area contributed by atoms with Crippen molar-refractivity contribution in [3.63, 3.8) is 0 Å². The minimum atomic E-state index is -0.442. The molecule has 2 rings (SSSR count). The summed E-state index contributed by atoms with van der Waals surface area (Å²) >= 11 is 0. The fourth-order valence-electron chi connectivity index (χ4n) is 2.64. The first-order valence-electron chi connectivity index (χ1n) is 8.14. The molecule has 0 atom stereocenters. The van der Waals surface area contributed by atoms with Crippen LogP contribution in [0.2, 0.25) is 0 Å². The molecule has 7 heteroatoms. The molecular formula is C17H23N3O4. The molecule has 24 heavy (non-hydrogen) atoms. The number of rotatable bonds is 8. The van der Waals surface area contributed by atoms with Crippen LogP contribution >= 0.6 is 0 Å². The predicted molar refractivity (Wildman–Crippen MR) is 90.0 cm³/mol. The zero-order valence-electron chi connectivity index (χ0n) is 13.6. The Morgan fingerprint density at radius 1 is 0.958 bits per heavy atom. The Hall–Kier alpha value is -2.57. The van der Waals surface area contributed by atoms with E-state index in [0.717, 1.165) is 25.7 Å². The van der Waals surface area contributed by atoms with Crippen molar-refractivity contribution < 1.29 is 19.1 Å². The first kappa shape index (κ1) is 17.8. The van der Waals surface area contributed by atoms with E-state index in [-0.39, 0.29) is 11.8 Å². The molecule has 130 valence electrons. The van der Waals surface area contributed by atoms with Gasteiger partial charge in [0.1, 0.15) is 0 Å². The first-order chi connectivity index (χ1) is 11.5. The number of nitrogen functional groups attached to an aromatic ring is 2. The van der Waals surface area contributed by atoms with Gasteiger partial charge in [-0.25, -0.2) is 4.79 Å². The number of anilines is 2. The van der Waals surface area contributed by atoms with Crippen molar-refractivity contribution in [3.05, 3.63) is 23.8 Å². The molecule has 0 saturated carbocycles. The number of nitrogens with zero attached hydrogens (tertiary/aromatic N) is 1. The molecule has 0 bridgehead atoms. The van der Waals surface area contributed by atoms with Crippen LogP contribution in [0.3, 0.4) is 0 Å². The average Bonchev–Trinajstić information content (AvgIpc) is 2.84. The molecule has 0 aromatic heterocycles. The van der Waals surface area contributed by atoms with Crippen LogP contribution < -0.4 is 11.5 Å². The lowest BCUT2D eigenvalue weighted by molar-refractivity contribution is -0.138. The summed E-state index contributed by atoms with van der Waals surface area (Å²) in [6.07, 6.45) is 3.91. The number of likely N-dealkylation sites (tertiary alicyclic amines) is 1. The second-order valence-electron chi connectivity index (χ2n) is 5.88. The van der Waals surface area contributed by atoms with E-state index in [0.29, 0.717) is 42.9 Å². The summed E-state index contributed by atoms with van der Waals surface area (Å²) in [4.78, 5) is 36.1. The number of carbonyl (C=O) groups is 3. The topological polar surface area (TPSA) is 116 Å². The largest absolute Gasteiger partial charge is 0.462 e. The normalized spacial score (nSPS) is 14.2. The Morgan fingerprint density at radius 2 is 1.54 bits per heavy atom. The summed E-state index contributed by atoms with van der Waals surface area (Å²) in [6, 6.07) is 4.64. The van der Waals surface area contributed by atoms with E-state index in [4.69, 9.17) is 16.2 Å². The van der Waals surface area contributed by atoms with Crippen molar-refractivity contribution in [1.82, 2.24) is 4.90 Å². The Balaban J connectivity index is 1.59. The van der Waals surface area contributed by atoms with Crippen LogP contribution in [0.1, 0.15) is 48.9 Å². The molecule has 1 aromatic carbocycles. The maximum Gasteiger partial charge on any atom is 0.338 e. The SMILES string of the molecule is Nc1cc(N)cc(C(=O)OCCCCCCN2C(=O)CCC2=O)c1. The van der Waals surface area contributed by atoms with E-state index < -0.39 is 5.97 Å². The van der Waals surface area contributed by atoms with Gasteiger partial charge in [0, 0.05) is 30.8 Å². The number of unbranched alkanes of at least 4 members (excludes halogenated alkanes) is 3. The van der Waals surface area contributed by atoms with Crippen LogP contribution in [0.15, 0.2) is 18.2 Å². The molecule has 4 N–H and O–H groups in total. The third-order valence-electron chi connectivity index (χ3n) is 3.88. The highest BCUT2D eigenvalue weighted by atomic mass is 16.5. The minimum absolute atomic E-state index is 0.0738.